The average molecular weight is 230 g/mol. The topological polar surface area (TPSA) is 49.4 Å². The van der Waals surface area contributed by atoms with E-state index < -0.39 is 10.0 Å². The van der Waals surface area contributed by atoms with Crippen LogP contribution in [0.2, 0.25) is 0 Å². The SMILES string of the molecule is CS(=O)(=O)N1CCCC(C=C2CNC2)C1. The first kappa shape index (κ1) is 11.1. The molecule has 0 aromatic carbocycles. The summed E-state index contributed by atoms with van der Waals surface area (Å²) in [5.41, 5.74) is 1.43. The van der Waals surface area contributed by atoms with E-state index in [1.165, 1.54) is 11.8 Å². The highest BCUT2D eigenvalue weighted by atomic mass is 32.2. The van der Waals surface area contributed by atoms with E-state index in [4.69, 9.17) is 0 Å². The van der Waals surface area contributed by atoms with Crippen LogP contribution in [0.1, 0.15) is 12.8 Å². The molecule has 15 heavy (non-hydrogen) atoms. The molecular weight excluding hydrogens is 212 g/mol. The first-order valence-corrected chi connectivity index (χ1v) is 7.26. The summed E-state index contributed by atoms with van der Waals surface area (Å²) < 4.78 is 24.4. The van der Waals surface area contributed by atoms with Gasteiger partial charge in [0.25, 0.3) is 0 Å². The first-order chi connectivity index (χ1) is 7.05. The highest BCUT2D eigenvalue weighted by molar-refractivity contribution is 7.88. The van der Waals surface area contributed by atoms with Crippen molar-refractivity contribution in [2.45, 2.75) is 12.8 Å². The van der Waals surface area contributed by atoms with Crippen molar-refractivity contribution in [3.63, 3.8) is 0 Å². The van der Waals surface area contributed by atoms with Crippen molar-refractivity contribution in [1.82, 2.24) is 9.62 Å². The van der Waals surface area contributed by atoms with E-state index in [0.717, 1.165) is 25.9 Å². The van der Waals surface area contributed by atoms with Crippen LogP contribution >= 0.6 is 0 Å². The summed E-state index contributed by atoms with van der Waals surface area (Å²) >= 11 is 0. The quantitative estimate of drug-likeness (QED) is 0.689. The van der Waals surface area contributed by atoms with Crippen LogP contribution in [0.25, 0.3) is 0 Å². The fourth-order valence-corrected chi connectivity index (χ4v) is 3.05. The summed E-state index contributed by atoms with van der Waals surface area (Å²) in [5, 5.41) is 3.19. The van der Waals surface area contributed by atoms with Crippen molar-refractivity contribution < 1.29 is 8.42 Å². The molecule has 1 unspecified atom stereocenters. The predicted octanol–water partition coefficient (Wildman–Crippen LogP) is 0.188. The lowest BCUT2D eigenvalue weighted by atomic mass is 9.95. The molecule has 2 aliphatic heterocycles. The minimum Gasteiger partial charge on any atom is -0.309 e. The van der Waals surface area contributed by atoms with Crippen LogP contribution in [-0.2, 0) is 10.0 Å². The van der Waals surface area contributed by atoms with E-state index in [2.05, 4.69) is 11.4 Å². The Morgan fingerprint density at radius 3 is 2.73 bits per heavy atom. The standard InChI is InChI=1S/C10H18N2O2S/c1-15(13,14)12-4-2-3-9(8-12)5-10-6-11-7-10/h5,9,11H,2-4,6-8H2,1H3. The molecule has 0 aromatic rings. The highest BCUT2D eigenvalue weighted by Crippen LogP contribution is 2.21. The molecule has 5 heteroatoms. The van der Waals surface area contributed by atoms with Gasteiger partial charge in [-0.15, -0.1) is 0 Å². The fraction of sp³-hybridized carbons (Fsp3) is 0.800. The number of sulfonamides is 1. The van der Waals surface area contributed by atoms with E-state index in [-0.39, 0.29) is 0 Å². The van der Waals surface area contributed by atoms with Crippen LogP contribution < -0.4 is 5.32 Å². The second kappa shape index (κ2) is 4.23. The Morgan fingerprint density at radius 1 is 1.47 bits per heavy atom. The molecule has 86 valence electrons. The Morgan fingerprint density at radius 2 is 2.20 bits per heavy atom. The molecule has 2 rings (SSSR count). The third-order valence-corrected chi connectivity index (χ3v) is 4.33. The van der Waals surface area contributed by atoms with Crippen molar-refractivity contribution in [2.24, 2.45) is 5.92 Å². The van der Waals surface area contributed by atoms with Crippen LogP contribution in [-0.4, -0.2) is 45.2 Å². The minimum atomic E-state index is -2.99. The Bertz CT molecular complexity index is 356. The van der Waals surface area contributed by atoms with Gasteiger partial charge in [-0.2, -0.15) is 0 Å². The molecule has 2 heterocycles. The van der Waals surface area contributed by atoms with Crippen LogP contribution in [0.3, 0.4) is 0 Å². The van der Waals surface area contributed by atoms with E-state index in [9.17, 15) is 8.42 Å². The highest BCUT2D eigenvalue weighted by Gasteiger charge is 2.25. The maximum Gasteiger partial charge on any atom is 0.211 e. The lowest BCUT2D eigenvalue weighted by molar-refractivity contribution is 0.300. The summed E-state index contributed by atoms with van der Waals surface area (Å²) in [5.74, 6) is 0.422. The number of hydrogen-bond acceptors (Lipinski definition) is 3. The zero-order valence-corrected chi connectivity index (χ0v) is 9.89. The molecule has 2 saturated heterocycles. The summed E-state index contributed by atoms with van der Waals surface area (Å²) in [4.78, 5) is 0. The lowest BCUT2D eigenvalue weighted by Gasteiger charge is -2.31. The molecular formula is C10H18N2O2S. The normalized spacial score (nSPS) is 28.6. The van der Waals surface area contributed by atoms with Crippen LogP contribution in [0.4, 0.5) is 0 Å². The molecule has 0 saturated carbocycles. The number of nitrogens with one attached hydrogen (secondary N) is 1. The van der Waals surface area contributed by atoms with Gasteiger partial charge >= 0.3 is 0 Å². The number of piperidine rings is 1. The molecule has 0 radical (unpaired) electrons. The molecule has 0 bridgehead atoms. The maximum atomic E-state index is 11.4. The van der Waals surface area contributed by atoms with Gasteiger partial charge in [0.05, 0.1) is 6.26 Å². The second-order valence-electron chi connectivity index (χ2n) is 4.45. The van der Waals surface area contributed by atoms with Gasteiger partial charge in [0, 0.05) is 26.2 Å². The third kappa shape index (κ3) is 2.80. The smallest absolute Gasteiger partial charge is 0.211 e. The molecule has 2 fully saturated rings. The van der Waals surface area contributed by atoms with E-state index in [1.54, 1.807) is 4.31 Å². The fourth-order valence-electron chi connectivity index (χ4n) is 2.13. The van der Waals surface area contributed by atoms with Gasteiger partial charge in [0.1, 0.15) is 0 Å². The van der Waals surface area contributed by atoms with Crippen molar-refractivity contribution in [1.29, 1.82) is 0 Å². The molecule has 1 N–H and O–H groups in total. The monoisotopic (exact) mass is 230 g/mol. The van der Waals surface area contributed by atoms with Gasteiger partial charge in [-0.1, -0.05) is 6.08 Å². The van der Waals surface area contributed by atoms with Crippen LogP contribution in [0.5, 0.6) is 0 Å². The molecule has 2 aliphatic rings. The molecule has 1 atom stereocenters. The summed E-state index contributed by atoms with van der Waals surface area (Å²) in [7, 11) is -2.99. The summed E-state index contributed by atoms with van der Waals surface area (Å²) in [6, 6.07) is 0. The first-order valence-electron chi connectivity index (χ1n) is 5.41. The van der Waals surface area contributed by atoms with Gasteiger partial charge in [-0.05, 0) is 24.3 Å². The lowest BCUT2D eigenvalue weighted by Crippen LogP contribution is -2.40. The van der Waals surface area contributed by atoms with Gasteiger partial charge in [-0.3, -0.25) is 0 Å². The molecule has 4 nitrogen and oxygen atoms in total. The van der Waals surface area contributed by atoms with Crippen molar-refractivity contribution in [3.05, 3.63) is 11.6 Å². The zero-order chi connectivity index (χ0) is 10.9. The largest absolute Gasteiger partial charge is 0.309 e. The Hall–Kier alpha value is -0.390. The number of hydrogen-bond donors (Lipinski definition) is 1. The van der Waals surface area contributed by atoms with Gasteiger partial charge < -0.3 is 5.32 Å². The van der Waals surface area contributed by atoms with Crippen LogP contribution in [0.15, 0.2) is 11.6 Å². The third-order valence-electron chi connectivity index (χ3n) is 3.07. The zero-order valence-electron chi connectivity index (χ0n) is 9.07. The minimum absolute atomic E-state index is 0.422. The Kier molecular flexibility index (Phi) is 3.13. The van der Waals surface area contributed by atoms with Crippen LogP contribution in [0, 0.1) is 5.92 Å². The van der Waals surface area contributed by atoms with Crippen molar-refractivity contribution >= 4 is 10.0 Å². The second-order valence-corrected chi connectivity index (χ2v) is 6.43. The summed E-state index contributed by atoms with van der Waals surface area (Å²) in [6.07, 6.45) is 5.66. The van der Waals surface area contributed by atoms with E-state index in [0.29, 0.717) is 19.0 Å². The molecule has 0 aromatic heterocycles. The van der Waals surface area contributed by atoms with Crippen molar-refractivity contribution in [2.75, 3.05) is 32.4 Å². The number of rotatable bonds is 2. The van der Waals surface area contributed by atoms with Gasteiger partial charge in [0.15, 0.2) is 0 Å². The number of nitrogens with zero attached hydrogens (tertiary/aromatic N) is 1. The maximum absolute atomic E-state index is 11.4. The Balaban J connectivity index is 1.98. The van der Waals surface area contributed by atoms with E-state index >= 15 is 0 Å². The van der Waals surface area contributed by atoms with Gasteiger partial charge in [0.2, 0.25) is 10.0 Å². The summed E-state index contributed by atoms with van der Waals surface area (Å²) in [6.45, 7) is 3.32. The molecule has 0 aliphatic carbocycles. The average Bonchev–Trinajstić information content (AvgIpc) is 2.11. The predicted molar refractivity (Wildman–Crippen MR) is 60.1 cm³/mol. The van der Waals surface area contributed by atoms with Crippen molar-refractivity contribution in [3.8, 4) is 0 Å². The molecule has 0 spiro atoms. The molecule has 0 amide bonds. The van der Waals surface area contributed by atoms with E-state index in [1.807, 2.05) is 0 Å². The Labute approximate surface area is 91.4 Å². The van der Waals surface area contributed by atoms with Gasteiger partial charge in [-0.25, -0.2) is 12.7 Å².